The lowest BCUT2D eigenvalue weighted by molar-refractivity contribution is -0.142. The fourth-order valence-corrected chi connectivity index (χ4v) is 2.38. The molecule has 1 aliphatic heterocycles. The Morgan fingerprint density at radius 2 is 2.13 bits per heavy atom. The lowest BCUT2D eigenvalue weighted by Gasteiger charge is -2.19. The van der Waals surface area contributed by atoms with Gasteiger partial charge in [-0.15, -0.1) is 0 Å². The summed E-state index contributed by atoms with van der Waals surface area (Å²) in [7, 11) is 0. The maximum atomic E-state index is 12.2. The van der Waals surface area contributed by atoms with Crippen LogP contribution in [0.5, 0.6) is 5.75 Å². The van der Waals surface area contributed by atoms with Crippen LogP contribution in [0.2, 0.25) is 0 Å². The first-order chi connectivity index (χ1) is 10.9. The molecule has 0 radical (unpaired) electrons. The second kappa shape index (κ2) is 7.13. The molecule has 0 bridgehead atoms. The van der Waals surface area contributed by atoms with Crippen LogP contribution in [0.25, 0.3) is 0 Å². The highest BCUT2D eigenvalue weighted by Gasteiger charge is 2.21. The van der Waals surface area contributed by atoms with E-state index in [4.69, 9.17) is 4.74 Å². The molecular weight excluding hydrogens is 300 g/mol. The van der Waals surface area contributed by atoms with E-state index in [1.807, 2.05) is 13.8 Å². The van der Waals surface area contributed by atoms with Gasteiger partial charge in [-0.05, 0) is 30.5 Å². The number of rotatable bonds is 6. The molecule has 0 saturated heterocycles. The van der Waals surface area contributed by atoms with Gasteiger partial charge in [0.1, 0.15) is 5.75 Å². The lowest BCUT2D eigenvalue weighted by atomic mass is 9.97. The molecule has 0 aromatic heterocycles. The number of amides is 2. The van der Waals surface area contributed by atoms with Crippen molar-refractivity contribution in [3.63, 3.8) is 0 Å². The number of carbonyl (C=O) groups is 3. The number of fused-ring (bicyclic) bond motifs is 1. The van der Waals surface area contributed by atoms with Gasteiger partial charge < -0.3 is 20.5 Å². The Morgan fingerprint density at radius 3 is 2.78 bits per heavy atom. The predicted octanol–water partition coefficient (Wildman–Crippen LogP) is 1.49. The number of carbonyl (C=O) groups excluding carboxylic acids is 2. The van der Waals surface area contributed by atoms with Crippen LogP contribution >= 0.6 is 0 Å². The van der Waals surface area contributed by atoms with Gasteiger partial charge in [-0.25, -0.2) is 0 Å². The number of carboxylic acid groups (broad SMARTS) is 1. The van der Waals surface area contributed by atoms with Gasteiger partial charge in [-0.2, -0.15) is 0 Å². The Balaban J connectivity index is 2.02. The van der Waals surface area contributed by atoms with Crippen molar-refractivity contribution in [2.45, 2.75) is 20.3 Å². The molecule has 1 aromatic carbocycles. The quantitative estimate of drug-likeness (QED) is 0.736. The van der Waals surface area contributed by atoms with E-state index >= 15 is 0 Å². The number of nitrogens with one attached hydrogen (secondary N) is 2. The summed E-state index contributed by atoms with van der Waals surface area (Å²) in [4.78, 5) is 34.7. The topological polar surface area (TPSA) is 105 Å². The smallest absolute Gasteiger partial charge is 0.308 e. The van der Waals surface area contributed by atoms with Gasteiger partial charge in [0.2, 0.25) is 0 Å². The maximum Gasteiger partial charge on any atom is 0.308 e. The van der Waals surface area contributed by atoms with Gasteiger partial charge in [-0.3, -0.25) is 14.4 Å². The largest absolute Gasteiger partial charge is 0.482 e. The zero-order chi connectivity index (χ0) is 17.0. The molecule has 1 aromatic rings. The highest BCUT2D eigenvalue weighted by molar-refractivity contribution is 5.99. The standard InChI is InChI=1S/C16H20N2O5/c1-9(2)5-11(16(21)22)7-17-15(20)10-3-4-13-12(6-10)18-14(19)8-23-13/h3-4,6,9,11H,5,7-8H2,1-2H3,(H,17,20)(H,18,19)(H,21,22). The zero-order valence-corrected chi connectivity index (χ0v) is 13.1. The van der Waals surface area contributed by atoms with Crippen molar-refractivity contribution in [2.75, 3.05) is 18.5 Å². The Kier molecular flexibility index (Phi) is 5.20. The summed E-state index contributed by atoms with van der Waals surface area (Å²) >= 11 is 0. The highest BCUT2D eigenvalue weighted by Crippen LogP contribution is 2.28. The summed E-state index contributed by atoms with van der Waals surface area (Å²) < 4.78 is 5.22. The lowest BCUT2D eigenvalue weighted by Crippen LogP contribution is -2.34. The van der Waals surface area contributed by atoms with E-state index in [-0.39, 0.29) is 30.9 Å². The van der Waals surface area contributed by atoms with E-state index in [9.17, 15) is 19.5 Å². The number of hydrogen-bond donors (Lipinski definition) is 3. The van der Waals surface area contributed by atoms with Crippen molar-refractivity contribution >= 4 is 23.5 Å². The highest BCUT2D eigenvalue weighted by atomic mass is 16.5. The third-order valence-electron chi connectivity index (χ3n) is 3.49. The van der Waals surface area contributed by atoms with Crippen molar-refractivity contribution in [3.8, 4) is 5.75 Å². The van der Waals surface area contributed by atoms with Gasteiger partial charge in [0, 0.05) is 12.1 Å². The van der Waals surface area contributed by atoms with Crippen LogP contribution in [0, 0.1) is 11.8 Å². The van der Waals surface area contributed by atoms with Crippen LogP contribution in [0.1, 0.15) is 30.6 Å². The molecule has 0 fully saturated rings. The number of anilines is 1. The Hall–Kier alpha value is -2.57. The summed E-state index contributed by atoms with van der Waals surface area (Å²) in [6.45, 7) is 3.88. The van der Waals surface area contributed by atoms with Crippen molar-refractivity contribution in [1.29, 1.82) is 0 Å². The molecule has 1 atom stereocenters. The fourth-order valence-electron chi connectivity index (χ4n) is 2.38. The Bertz CT molecular complexity index is 627. The van der Waals surface area contributed by atoms with E-state index < -0.39 is 11.9 Å². The summed E-state index contributed by atoms with van der Waals surface area (Å²) in [5.74, 6) is -1.49. The normalized spacial score (nSPS) is 14.5. The van der Waals surface area contributed by atoms with E-state index in [0.29, 0.717) is 23.4 Å². The van der Waals surface area contributed by atoms with Crippen molar-refractivity contribution in [1.82, 2.24) is 5.32 Å². The molecule has 0 spiro atoms. The fraction of sp³-hybridized carbons (Fsp3) is 0.438. The monoisotopic (exact) mass is 320 g/mol. The van der Waals surface area contributed by atoms with E-state index in [1.165, 1.54) is 6.07 Å². The van der Waals surface area contributed by atoms with Gasteiger partial charge in [0.05, 0.1) is 11.6 Å². The zero-order valence-electron chi connectivity index (χ0n) is 13.1. The average Bonchev–Trinajstić information content (AvgIpc) is 2.49. The second-order valence-electron chi connectivity index (χ2n) is 5.92. The number of ether oxygens (including phenoxy) is 1. The molecule has 7 heteroatoms. The molecule has 124 valence electrons. The summed E-state index contributed by atoms with van der Waals surface area (Å²) in [5, 5.41) is 14.4. The van der Waals surface area contributed by atoms with Crippen LogP contribution in [0.4, 0.5) is 5.69 Å². The number of benzene rings is 1. The SMILES string of the molecule is CC(C)CC(CNC(=O)c1ccc2c(c1)NC(=O)CO2)C(=O)O. The minimum atomic E-state index is -0.926. The summed E-state index contributed by atoms with van der Waals surface area (Å²) in [6.07, 6.45) is 0.490. The number of aliphatic carboxylic acids is 1. The molecule has 2 amide bonds. The average molecular weight is 320 g/mol. The third kappa shape index (κ3) is 4.45. The van der Waals surface area contributed by atoms with Crippen molar-refractivity contribution < 1.29 is 24.2 Å². The van der Waals surface area contributed by atoms with E-state index in [2.05, 4.69) is 10.6 Å². The molecular formula is C16H20N2O5. The van der Waals surface area contributed by atoms with Crippen LogP contribution in [-0.4, -0.2) is 36.0 Å². The van der Waals surface area contributed by atoms with Gasteiger partial charge in [-0.1, -0.05) is 13.8 Å². The van der Waals surface area contributed by atoms with Crippen LogP contribution in [0.15, 0.2) is 18.2 Å². The molecule has 23 heavy (non-hydrogen) atoms. The van der Waals surface area contributed by atoms with E-state index in [1.54, 1.807) is 12.1 Å². The number of hydrogen-bond acceptors (Lipinski definition) is 4. The first-order valence-electron chi connectivity index (χ1n) is 7.44. The molecule has 1 aliphatic rings. The van der Waals surface area contributed by atoms with Crippen molar-refractivity contribution in [2.24, 2.45) is 11.8 Å². The first-order valence-corrected chi connectivity index (χ1v) is 7.44. The third-order valence-corrected chi connectivity index (χ3v) is 3.49. The van der Waals surface area contributed by atoms with Gasteiger partial charge in [0.25, 0.3) is 11.8 Å². The molecule has 0 aliphatic carbocycles. The number of carboxylic acids is 1. The predicted molar refractivity (Wildman–Crippen MR) is 83.5 cm³/mol. The molecule has 1 unspecified atom stereocenters. The first kappa shape index (κ1) is 16.8. The molecule has 2 rings (SSSR count). The minimum absolute atomic E-state index is 0.0476. The van der Waals surface area contributed by atoms with Gasteiger partial charge in [0.15, 0.2) is 6.61 Å². The van der Waals surface area contributed by atoms with Crippen LogP contribution in [0.3, 0.4) is 0 Å². The molecule has 7 nitrogen and oxygen atoms in total. The van der Waals surface area contributed by atoms with Gasteiger partial charge >= 0.3 is 5.97 Å². The van der Waals surface area contributed by atoms with Crippen LogP contribution < -0.4 is 15.4 Å². The van der Waals surface area contributed by atoms with Crippen LogP contribution in [-0.2, 0) is 9.59 Å². The summed E-state index contributed by atoms with van der Waals surface area (Å²) in [5.41, 5.74) is 0.772. The minimum Gasteiger partial charge on any atom is -0.482 e. The Labute approximate surface area is 134 Å². The molecule has 0 saturated carbocycles. The van der Waals surface area contributed by atoms with E-state index in [0.717, 1.165) is 0 Å². The second-order valence-corrected chi connectivity index (χ2v) is 5.92. The Morgan fingerprint density at radius 1 is 1.39 bits per heavy atom. The maximum absolute atomic E-state index is 12.2. The molecule has 1 heterocycles. The van der Waals surface area contributed by atoms with Crippen molar-refractivity contribution in [3.05, 3.63) is 23.8 Å². The molecule has 3 N–H and O–H groups in total. The summed E-state index contributed by atoms with van der Waals surface area (Å²) in [6, 6.07) is 4.69.